The minimum absolute atomic E-state index is 0.0785. The van der Waals surface area contributed by atoms with Crippen molar-refractivity contribution < 1.29 is 20.1 Å². The quantitative estimate of drug-likeness (QED) is 0.487. The molecule has 2 aromatic heterocycles. The van der Waals surface area contributed by atoms with Crippen molar-refractivity contribution in [2.24, 2.45) is 0 Å². The SMILES string of the molecule is O[C@@H]1[C@H](O)COC(c2ncc3[nH]cnc3n2)[C@H]1O. The second kappa shape index (κ2) is 4.25. The molecular formula is C10H12N4O4. The van der Waals surface area contributed by atoms with Crippen LogP contribution in [0.1, 0.15) is 11.9 Å². The summed E-state index contributed by atoms with van der Waals surface area (Å²) < 4.78 is 5.26. The van der Waals surface area contributed by atoms with Crippen LogP contribution in [0.2, 0.25) is 0 Å². The Morgan fingerprint density at radius 1 is 1.22 bits per heavy atom. The van der Waals surface area contributed by atoms with E-state index in [1.54, 1.807) is 0 Å². The van der Waals surface area contributed by atoms with E-state index < -0.39 is 24.4 Å². The van der Waals surface area contributed by atoms with Crippen molar-refractivity contribution in [1.29, 1.82) is 0 Å². The van der Waals surface area contributed by atoms with Gasteiger partial charge in [-0.15, -0.1) is 0 Å². The number of hydrogen-bond donors (Lipinski definition) is 4. The molecule has 1 aliphatic heterocycles. The van der Waals surface area contributed by atoms with Crippen LogP contribution in [0, 0.1) is 0 Å². The zero-order valence-corrected chi connectivity index (χ0v) is 9.26. The van der Waals surface area contributed by atoms with E-state index in [-0.39, 0.29) is 12.4 Å². The van der Waals surface area contributed by atoms with E-state index in [1.807, 2.05) is 0 Å². The van der Waals surface area contributed by atoms with E-state index in [0.717, 1.165) is 0 Å². The maximum Gasteiger partial charge on any atom is 0.180 e. The molecule has 3 heterocycles. The Kier molecular flexibility index (Phi) is 2.71. The fourth-order valence-electron chi connectivity index (χ4n) is 1.92. The van der Waals surface area contributed by atoms with Gasteiger partial charge in [-0.1, -0.05) is 0 Å². The van der Waals surface area contributed by atoms with E-state index >= 15 is 0 Å². The third kappa shape index (κ3) is 1.75. The topological polar surface area (TPSA) is 124 Å². The fraction of sp³-hybridized carbons (Fsp3) is 0.500. The Bertz CT molecular complexity index is 560. The lowest BCUT2D eigenvalue weighted by molar-refractivity contribution is -0.191. The molecule has 3 rings (SSSR count). The zero-order chi connectivity index (χ0) is 12.7. The molecular weight excluding hydrogens is 240 g/mol. The Hall–Kier alpha value is -1.61. The molecule has 8 nitrogen and oxygen atoms in total. The predicted molar refractivity (Wildman–Crippen MR) is 58.4 cm³/mol. The van der Waals surface area contributed by atoms with Crippen LogP contribution >= 0.6 is 0 Å². The van der Waals surface area contributed by atoms with Crippen molar-refractivity contribution in [2.45, 2.75) is 24.4 Å². The zero-order valence-electron chi connectivity index (χ0n) is 9.26. The molecule has 1 saturated heterocycles. The minimum Gasteiger partial charge on any atom is -0.388 e. The molecule has 0 amide bonds. The molecule has 0 aromatic carbocycles. The van der Waals surface area contributed by atoms with Crippen molar-refractivity contribution in [3.63, 3.8) is 0 Å². The molecule has 0 spiro atoms. The second-order valence-corrected chi connectivity index (χ2v) is 4.17. The molecule has 8 heteroatoms. The average molecular weight is 252 g/mol. The van der Waals surface area contributed by atoms with Crippen molar-refractivity contribution in [1.82, 2.24) is 19.9 Å². The molecule has 96 valence electrons. The first-order chi connectivity index (χ1) is 8.66. The van der Waals surface area contributed by atoms with Crippen LogP contribution in [-0.2, 0) is 4.74 Å². The molecule has 2 aromatic rings. The van der Waals surface area contributed by atoms with Gasteiger partial charge in [-0.3, -0.25) is 0 Å². The van der Waals surface area contributed by atoms with Crippen molar-refractivity contribution in [3.05, 3.63) is 18.3 Å². The standard InChI is InChI=1S/C10H12N4O4/c15-5-2-18-8(7(17)6(5)16)10-11-1-4-9(14-10)13-3-12-4/h1,3,5-8,15-17H,2H2,(H,11,12,13,14)/t5-,6-,7+,8?/m1/s1. The summed E-state index contributed by atoms with van der Waals surface area (Å²) in [5, 5.41) is 28.8. The Balaban J connectivity index is 1.93. The second-order valence-electron chi connectivity index (χ2n) is 4.17. The average Bonchev–Trinajstić information content (AvgIpc) is 2.83. The summed E-state index contributed by atoms with van der Waals surface area (Å²) >= 11 is 0. The highest BCUT2D eigenvalue weighted by molar-refractivity contribution is 5.68. The number of aromatic amines is 1. The van der Waals surface area contributed by atoms with Gasteiger partial charge >= 0.3 is 0 Å². The van der Waals surface area contributed by atoms with Crippen LogP contribution in [0.5, 0.6) is 0 Å². The highest BCUT2D eigenvalue weighted by Crippen LogP contribution is 2.27. The predicted octanol–water partition coefficient (Wildman–Crippen LogP) is -1.49. The van der Waals surface area contributed by atoms with Gasteiger partial charge in [-0.25, -0.2) is 15.0 Å². The van der Waals surface area contributed by atoms with Gasteiger partial charge in [0.15, 0.2) is 11.5 Å². The van der Waals surface area contributed by atoms with Gasteiger partial charge in [0.05, 0.1) is 19.1 Å². The van der Waals surface area contributed by atoms with Crippen molar-refractivity contribution in [2.75, 3.05) is 6.61 Å². The fourth-order valence-corrected chi connectivity index (χ4v) is 1.92. The number of hydrogen-bond acceptors (Lipinski definition) is 7. The first-order valence-electron chi connectivity index (χ1n) is 5.48. The lowest BCUT2D eigenvalue weighted by atomic mass is 9.99. The third-order valence-electron chi connectivity index (χ3n) is 2.95. The minimum atomic E-state index is -1.28. The van der Waals surface area contributed by atoms with Gasteiger partial charge in [-0.2, -0.15) is 0 Å². The van der Waals surface area contributed by atoms with Gasteiger partial charge in [0.1, 0.15) is 29.9 Å². The molecule has 0 aliphatic carbocycles. The Labute approximate surface area is 101 Å². The van der Waals surface area contributed by atoms with Crippen LogP contribution in [0.25, 0.3) is 11.2 Å². The first kappa shape index (κ1) is 11.5. The van der Waals surface area contributed by atoms with E-state index in [9.17, 15) is 15.3 Å². The number of nitrogens with one attached hydrogen (secondary N) is 1. The number of aromatic nitrogens is 4. The number of imidazole rings is 1. The third-order valence-corrected chi connectivity index (χ3v) is 2.95. The summed E-state index contributed by atoms with van der Waals surface area (Å²) in [6.45, 7) is -0.0785. The van der Waals surface area contributed by atoms with Crippen LogP contribution in [0.3, 0.4) is 0 Å². The van der Waals surface area contributed by atoms with Crippen LogP contribution in [0.15, 0.2) is 12.5 Å². The number of H-pyrrole nitrogens is 1. The van der Waals surface area contributed by atoms with Gasteiger partial charge in [0.25, 0.3) is 0 Å². The summed E-state index contributed by atoms with van der Waals surface area (Å²) in [6.07, 6.45) is -1.51. The van der Waals surface area contributed by atoms with Crippen molar-refractivity contribution in [3.8, 4) is 0 Å². The van der Waals surface area contributed by atoms with Crippen LogP contribution < -0.4 is 0 Å². The number of ether oxygens (including phenoxy) is 1. The van der Waals surface area contributed by atoms with Gasteiger partial charge in [-0.05, 0) is 0 Å². The maximum absolute atomic E-state index is 9.84. The lowest BCUT2D eigenvalue weighted by Gasteiger charge is -2.34. The molecule has 0 saturated carbocycles. The van der Waals surface area contributed by atoms with E-state index in [2.05, 4.69) is 19.9 Å². The summed E-state index contributed by atoms with van der Waals surface area (Å²) in [5.41, 5.74) is 1.13. The van der Waals surface area contributed by atoms with Gasteiger partial charge in [0.2, 0.25) is 0 Å². The summed E-state index contributed by atoms with van der Waals surface area (Å²) in [7, 11) is 0. The number of rotatable bonds is 1. The maximum atomic E-state index is 9.84. The molecule has 1 aliphatic rings. The summed E-state index contributed by atoms with van der Waals surface area (Å²) in [5.74, 6) is 0.230. The number of fused-ring (bicyclic) bond motifs is 1. The van der Waals surface area contributed by atoms with Crippen molar-refractivity contribution >= 4 is 11.2 Å². The highest BCUT2D eigenvalue weighted by atomic mass is 16.5. The number of nitrogens with zero attached hydrogens (tertiary/aromatic N) is 3. The largest absolute Gasteiger partial charge is 0.388 e. The normalized spacial score (nSPS) is 32.8. The molecule has 1 fully saturated rings. The van der Waals surface area contributed by atoms with Gasteiger partial charge in [0, 0.05) is 0 Å². The first-order valence-corrected chi connectivity index (χ1v) is 5.48. The smallest absolute Gasteiger partial charge is 0.180 e. The molecule has 0 bridgehead atoms. The molecule has 4 N–H and O–H groups in total. The number of aliphatic hydroxyl groups is 3. The van der Waals surface area contributed by atoms with E-state index in [0.29, 0.717) is 11.2 Å². The lowest BCUT2D eigenvalue weighted by Crippen LogP contribution is -2.49. The molecule has 0 radical (unpaired) electrons. The number of aliphatic hydroxyl groups excluding tert-OH is 3. The Morgan fingerprint density at radius 2 is 2.06 bits per heavy atom. The molecule has 4 atom stereocenters. The highest BCUT2D eigenvalue weighted by Gasteiger charge is 2.39. The van der Waals surface area contributed by atoms with Crippen LogP contribution in [-0.4, -0.2) is 60.2 Å². The summed E-state index contributed by atoms with van der Waals surface area (Å²) in [6, 6.07) is 0. The van der Waals surface area contributed by atoms with Crippen LogP contribution in [0.4, 0.5) is 0 Å². The van der Waals surface area contributed by atoms with E-state index in [4.69, 9.17) is 4.74 Å². The molecule has 18 heavy (non-hydrogen) atoms. The summed E-state index contributed by atoms with van der Waals surface area (Å²) in [4.78, 5) is 15.0. The molecule has 1 unspecified atom stereocenters. The van der Waals surface area contributed by atoms with Gasteiger partial charge < -0.3 is 25.0 Å². The monoisotopic (exact) mass is 252 g/mol. The van der Waals surface area contributed by atoms with E-state index in [1.165, 1.54) is 12.5 Å². The Morgan fingerprint density at radius 3 is 2.89 bits per heavy atom.